The molecule has 156 valence electrons. The molecule has 1 aromatic carbocycles. The first-order chi connectivity index (χ1) is 15.3. The molecule has 0 bridgehead atoms. The van der Waals surface area contributed by atoms with E-state index in [1.54, 1.807) is 24.9 Å². The van der Waals surface area contributed by atoms with Crippen LogP contribution in [0.2, 0.25) is 0 Å². The quantitative estimate of drug-likeness (QED) is 0.483. The van der Waals surface area contributed by atoms with Crippen LogP contribution in [0.5, 0.6) is 0 Å². The molecule has 0 aliphatic carbocycles. The van der Waals surface area contributed by atoms with Gasteiger partial charge in [-0.1, -0.05) is 18.2 Å². The van der Waals surface area contributed by atoms with E-state index in [1.165, 1.54) is 0 Å². The Kier molecular flexibility index (Phi) is 5.41. The van der Waals surface area contributed by atoms with Crippen molar-refractivity contribution >= 4 is 17.1 Å². The molecule has 1 aliphatic heterocycles. The van der Waals surface area contributed by atoms with Gasteiger partial charge in [-0.25, -0.2) is 9.97 Å². The number of fused-ring (bicyclic) bond motifs is 1. The van der Waals surface area contributed by atoms with Gasteiger partial charge in [0, 0.05) is 44.0 Å². The number of hydrogen-bond acceptors (Lipinski definition) is 5. The van der Waals surface area contributed by atoms with Crippen LogP contribution in [0.25, 0.3) is 16.9 Å². The first-order valence-electron chi connectivity index (χ1n) is 10.5. The molecule has 1 atom stereocenters. The molecule has 1 fully saturated rings. The number of rotatable bonds is 6. The molecular weight excluding hydrogens is 390 g/mol. The SMILES string of the molecule is O=C(c1cnc2c(c1)ncn2-c1ccccc1)N(Cc1ccncc1)CC1CCCO1. The molecule has 31 heavy (non-hydrogen) atoms. The summed E-state index contributed by atoms with van der Waals surface area (Å²) in [5, 5.41) is 0. The van der Waals surface area contributed by atoms with Crippen molar-refractivity contribution in [1.29, 1.82) is 0 Å². The van der Waals surface area contributed by atoms with Crippen molar-refractivity contribution < 1.29 is 9.53 Å². The zero-order chi connectivity index (χ0) is 21.0. The number of ether oxygens (including phenoxy) is 1. The molecule has 0 spiro atoms. The van der Waals surface area contributed by atoms with Crippen molar-refractivity contribution in [2.45, 2.75) is 25.5 Å². The number of imidazole rings is 1. The molecule has 1 amide bonds. The standard InChI is InChI=1S/C24H23N5O2/c30-24(28(16-21-7-4-12-31-21)15-18-8-10-25-11-9-18)19-13-22-23(26-14-19)29(17-27-22)20-5-2-1-3-6-20/h1-3,5-6,8-11,13-14,17,21H,4,7,12,15-16H2. The summed E-state index contributed by atoms with van der Waals surface area (Å²) < 4.78 is 7.71. The Labute approximate surface area is 180 Å². The molecule has 7 nitrogen and oxygen atoms in total. The van der Waals surface area contributed by atoms with E-state index in [-0.39, 0.29) is 12.0 Å². The Morgan fingerprint density at radius 2 is 1.97 bits per heavy atom. The number of pyridine rings is 2. The number of amides is 1. The molecule has 4 heterocycles. The summed E-state index contributed by atoms with van der Waals surface area (Å²) in [6.07, 6.45) is 8.94. The fourth-order valence-corrected chi connectivity index (χ4v) is 3.94. The predicted molar refractivity (Wildman–Crippen MR) is 117 cm³/mol. The summed E-state index contributed by atoms with van der Waals surface area (Å²) in [4.78, 5) is 28.4. The number of carbonyl (C=O) groups is 1. The van der Waals surface area contributed by atoms with Crippen LogP contribution in [0.1, 0.15) is 28.8 Å². The third kappa shape index (κ3) is 4.18. The molecular formula is C24H23N5O2. The maximum atomic E-state index is 13.4. The minimum atomic E-state index is -0.0732. The van der Waals surface area contributed by atoms with Gasteiger partial charge >= 0.3 is 0 Å². The second-order valence-electron chi connectivity index (χ2n) is 7.69. The van der Waals surface area contributed by atoms with Crippen molar-refractivity contribution in [3.05, 3.63) is 84.6 Å². The second kappa shape index (κ2) is 8.65. The number of aromatic nitrogens is 4. The summed E-state index contributed by atoms with van der Waals surface area (Å²) in [5.41, 5.74) is 3.95. The molecule has 7 heteroatoms. The van der Waals surface area contributed by atoms with Crippen LogP contribution < -0.4 is 0 Å². The minimum Gasteiger partial charge on any atom is -0.376 e. The average molecular weight is 413 g/mol. The van der Waals surface area contributed by atoms with Crippen molar-refractivity contribution in [3.8, 4) is 5.69 Å². The fraction of sp³-hybridized carbons (Fsp3) is 0.250. The van der Waals surface area contributed by atoms with E-state index in [9.17, 15) is 4.79 Å². The Hall–Kier alpha value is -3.58. The smallest absolute Gasteiger partial charge is 0.255 e. The molecule has 0 N–H and O–H groups in total. The lowest BCUT2D eigenvalue weighted by atomic mass is 10.1. The van der Waals surface area contributed by atoms with Crippen LogP contribution in [0.3, 0.4) is 0 Å². The molecule has 5 rings (SSSR count). The number of para-hydroxylation sites is 1. The fourth-order valence-electron chi connectivity index (χ4n) is 3.94. The maximum absolute atomic E-state index is 13.4. The summed E-state index contributed by atoms with van der Waals surface area (Å²) in [6.45, 7) is 1.81. The summed E-state index contributed by atoms with van der Waals surface area (Å²) in [5.74, 6) is -0.0732. The lowest BCUT2D eigenvalue weighted by Gasteiger charge is -2.25. The normalized spacial score (nSPS) is 15.9. The van der Waals surface area contributed by atoms with E-state index >= 15 is 0 Å². The summed E-state index contributed by atoms with van der Waals surface area (Å²) in [7, 11) is 0. The number of benzene rings is 1. The monoisotopic (exact) mass is 413 g/mol. The highest BCUT2D eigenvalue weighted by molar-refractivity contribution is 5.96. The van der Waals surface area contributed by atoms with Gasteiger partial charge in [0.1, 0.15) is 11.8 Å². The van der Waals surface area contributed by atoms with Crippen LogP contribution in [0.4, 0.5) is 0 Å². The van der Waals surface area contributed by atoms with Gasteiger partial charge in [-0.05, 0) is 48.7 Å². The highest BCUT2D eigenvalue weighted by Crippen LogP contribution is 2.20. The van der Waals surface area contributed by atoms with E-state index in [0.29, 0.717) is 24.2 Å². The van der Waals surface area contributed by atoms with Crippen LogP contribution in [-0.4, -0.2) is 49.6 Å². The molecule has 1 saturated heterocycles. The highest BCUT2D eigenvalue weighted by Gasteiger charge is 2.24. The molecule has 3 aromatic heterocycles. The Morgan fingerprint density at radius 3 is 2.74 bits per heavy atom. The Bertz CT molecular complexity index is 1170. The van der Waals surface area contributed by atoms with Gasteiger partial charge in [0.15, 0.2) is 5.65 Å². The van der Waals surface area contributed by atoms with Gasteiger partial charge in [-0.15, -0.1) is 0 Å². The van der Waals surface area contributed by atoms with E-state index in [1.807, 2.05) is 58.0 Å². The van der Waals surface area contributed by atoms with Gasteiger partial charge in [-0.3, -0.25) is 14.3 Å². The first kappa shape index (κ1) is 19.4. The third-order valence-corrected chi connectivity index (χ3v) is 5.53. The number of hydrogen-bond donors (Lipinski definition) is 0. The van der Waals surface area contributed by atoms with E-state index < -0.39 is 0 Å². The van der Waals surface area contributed by atoms with Crippen molar-refractivity contribution in [1.82, 2.24) is 24.4 Å². The summed E-state index contributed by atoms with van der Waals surface area (Å²) in [6, 6.07) is 15.6. The van der Waals surface area contributed by atoms with Crippen LogP contribution in [-0.2, 0) is 11.3 Å². The van der Waals surface area contributed by atoms with E-state index in [4.69, 9.17) is 4.74 Å². The van der Waals surface area contributed by atoms with Crippen molar-refractivity contribution in [2.24, 2.45) is 0 Å². The predicted octanol–water partition coefficient (Wildman–Crippen LogP) is 3.64. The van der Waals surface area contributed by atoms with Crippen LogP contribution >= 0.6 is 0 Å². The largest absolute Gasteiger partial charge is 0.376 e. The summed E-state index contributed by atoms with van der Waals surface area (Å²) >= 11 is 0. The van der Waals surface area contributed by atoms with Crippen molar-refractivity contribution in [2.75, 3.05) is 13.2 Å². The van der Waals surface area contributed by atoms with E-state index in [2.05, 4.69) is 15.0 Å². The molecule has 1 unspecified atom stereocenters. The lowest BCUT2D eigenvalue weighted by molar-refractivity contribution is 0.0507. The van der Waals surface area contributed by atoms with E-state index in [0.717, 1.165) is 36.3 Å². The van der Waals surface area contributed by atoms with Gasteiger partial charge < -0.3 is 9.64 Å². The van der Waals surface area contributed by atoms with Crippen LogP contribution in [0.15, 0.2) is 73.4 Å². The Balaban J connectivity index is 1.43. The molecule has 4 aromatic rings. The number of nitrogens with zero attached hydrogens (tertiary/aromatic N) is 5. The second-order valence-corrected chi connectivity index (χ2v) is 7.69. The minimum absolute atomic E-state index is 0.0692. The third-order valence-electron chi connectivity index (χ3n) is 5.53. The maximum Gasteiger partial charge on any atom is 0.255 e. The first-order valence-corrected chi connectivity index (χ1v) is 10.5. The zero-order valence-electron chi connectivity index (χ0n) is 17.1. The molecule has 1 aliphatic rings. The zero-order valence-corrected chi connectivity index (χ0v) is 17.1. The van der Waals surface area contributed by atoms with Gasteiger partial charge in [0.25, 0.3) is 5.91 Å². The topological polar surface area (TPSA) is 73.1 Å². The average Bonchev–Trinajstić information content (AvgIpc) is 3.49. The van der Waals surface area contributed by atoms with Gasteiger partial charge in [0.05, 0.1) is 11.7 Å². The number of carbonyl (C=O) groups excluding carboxylic acids is 1. The van der Waals surface area contributed by atoms with Crippen LogP contribution in [0, 0.1) is 0 Å². The Morgan fingerprint density at radius 1 is 1.13 bits per heavy atom. The van der Waals surface area contributed by atoms with Gasteiger partial charge in [-0.2, -0.15) is 0 Å². The lowest BCUT2D eigenvalue weighted by Crippen LogP contribution is -2.37. The highest BCUT2D eigenvalue weighted by atomic mass is 16.5. The van der Waals surface area contributed by atoms with Gasteiger partial charge in [0.2, 0.25) is 0 Å². The van der Waals surface area contributed by atoms with Crippen molar-refractivity contribution in [3.63, 3.8) is 0 Å². The molecule has 0 radical (unpaired) electrons. The molecule has 0 saturated carbocycles.